The topological polar surface area (TPSA) is 67.4 Å². The fourth-order valence-corrected chi connectivity index (χ4v) is 1.57. The van der Waals surface area contributed by atoms with Gasteiger partial charge in [-0.05, 0) is 45.9 Å². The van der Waals surface area contributed by atoms with Crippen molar-refractivity contribution in [1.82, 2.24) is 5.32 Å². The summed E-state index contributed by atoms with van der Waals surface area (Å²) in [5.41, 5.74) is -0.0393. The maximum Gasteiger partial charge on any atom is 0.328 e. The van der Waals surface area contributed by atoms with Crippen molar-refractivity contribution in [3.8, 4) is 0 Å². The Labute approximate surface area is 123 Å². The smallest absolute Gasteiger partial charge is 0.328 e. The van der Waals surface area contributed by atoms with E-state index in [0.29, 0.717) is 10.7 Å². The van der Waals surface area contributed by atoms with Gasteiger partial charge in [0.1, 0.15) is 11.6 Å². The second-order valence-electron chi connectivity index (χ2n) is 5.36. The second kappa shape index (κ2) is 6.61. The van der Waals surface area contributed by atoms with Crippen molar-refractivity contribution in [2.75, 3.05) is 5.32 Å². The van der Waals surface area contributed by atoms with Gasteiger partial charge in [-0.15, -0.1) is 0 Å². The van der Waals surface area contributed by atoms with Crippen LogP contribution in [0.25, 0.3) is 0 Å². The molecule has 20 heavy (non-hydrogen) atoms. The van der Waals surface area contributed by atoms with E-state index in [1.54, 1.807) is 52.0 Å². The lowest BCUT2D eigenvalue weighted by Crippen LogP contribution is -2.43. The minimum Gasteiger partial charge on any atom is -0.458 e. The molecule has 0 heterocycles. The highest BCUT2D eigenvalue weighted by molar-refractivity contribution is 6.30. The highest BCUT2D eigenvalue weighted by Crippen LogP contribution is 2.14. The molecule has 0 spiro atoms. The Hall–Kier alpha value is -1.75. The molecule has 0 bridgehead atoms. The molecule has 0 aromatic heterocycles. The quantitative estimate of drug-likeness (QED) is 0.842. The molecule has 0 aliphatic heterocycles. The van der Waals surface area contributed by atoms with Crippen molar-refractivity contribution >= 4 is 29.3 Å². The third-order valence-electron chi connectivity index (χ3n) is 2.19. The van der Waals surface area contributed by atoms with Crippen LogP contribution in [0, 0.1) is 0 Å². The van der Waals surface area contributed by atoms with Crippen LogP contribution < -0.4 is 10.6 Å². The molecule has 0 aliphatic carbocycles. The van der Waals surface area contributed by atoms with Crippen LogP contribution in [0.3, 0.4) is 0 Å². The van der Waals surface area contributed by atoms with Crippen molar-refractivity contribution in [3.05, 3.63) is 29.3 Å². The first-order valence-electron chi connectivity index (χ1n) is 6.23. The Balaban J connectivity index is 2.52. The van der Waals surface area contributed by atoms with Gasteiger partial charge in [-0.1, -0.05) is 17.7 Å². The zero-order valence-corrected chi connectivity index (χ0v) is 12.7. The van der Waals surface area contributed by atoms with Crippen molar-refractivity contribution in [2.45, 2.75) is 39.3 Å². The third-order valence-corrected chi connectivity index (χ3v) is 2.43. The Morgan fingerprint density at radius 3 is 2.50 bits per heavy atom. The molecule has 6 heteroatoms. The predicted octanol–water partition coefficient (Wildman–Crippen LogP) is 3.19. The van der Waals surface area contributed by atoms with Gasteiger partial charge in [0.25, 0.3) is 0 Å². The number of hydrogen-bond acceptors (Lipinski definition) is 3. The Bertz CT molecular complexity index is 497. The summed E-state index contributed by atoms with van der Waals surface area (Å²) in [6.07, 6.45) is 0. The summed E-state index contributed by atoms with van der Waals surface area (Å²) in [4.78, 5) is 23.4. The molecule has 0 saturated heterocycles. The van der Waals surface area contributed by atoms with E-state index in [2.05, 4.69) is 10.6 Å². The fraction of sp³-hybridized carbons (Fsp3) is 0.429. The molecular formula is C14H19ClN2O3. The van der Waals surface area contributed by atoms with Crippen molar-refractivity contribution in [3.63, 3.8) is 0 Å². The number of nitrogens with one attached hydrogen (secondary N) is 2. The van der Waals surface area contributed by atoms with Crippen LogP contribution in [0.15, 0.2) is 24.3 Å². The van der Waals surface area contributed by atoms with Crippen LogP contribution in [0.2, 0.25) is 5.02 Å². The fourth-order valence-electron chi connectivity index (χ4n) is 1.38. The second-order valence-corrected chi connectivity index (χ2v) is 5.80. The Kier molecular flexibility index (Phi) is 5.39. The first kappa shape index (κ1) is 16.3. The van der Waals surface area contributed by atoms with Crippen LogP contribution in [-0.2, 0) is 9.53 Å². The van der Waals surface area contributed by atoms with Gasteiger partial charge in [-0.25, -0.2) is 9.59 Å². The van der Waals surface area contributed by atoms with Gasteiger partial charge in [0.2, 0.25) is 0 Å². The maximum absolute atomic E-state index is 11.7. The molecule has 1 aromatic rings. The molecule has 0 fully saturated rings. The summed E-state index contributed by atoms with van der Waals surface area (Å²) in [7, 11) is 0. The molecule has 2 N–H and O–H groups in total. The van der Waals surface area contributed by atoms with E-state index in [-0.39, 0.29) is 0 Å². The molecule has 0 radical (unpaired) electrons. The summed E-state index contributed by atoms with van der Waals surface area (Å²) in [6, 6.07) is 5.49. The van der Waals surface area contributed by atoms with Gasteiger partial charge in [-0.2, -0.15) is 0 Å². The number of halogens is 1. The van der Waals surface area contributed by atoms with Crippen molar-refractivity contribution in [1.29, 1.82) is 0 Å². The summed E-state index contributed by atoms with van der Waals surface area (Å²) < 4.78 is 5.17. The average Bonchev–Trinajstić information content (AvgIpc) is 2.26. The number of esters is 1. The number of urea groups is 1. The SMILES string of the molecule is C[C@@H](NC(=O)Nc1cccc(Cl)c1)C(=O)OC(C)(C)C. The predicted molar refractivity (Wildman–Crippen MR) is 78.9 cm³/mol. The van der Waals surface area contributed by atoms with Gasteiger partial charge in [0, 0.05) is 10.7 Å². The first-order valence-corrected chi connectivity index (χ1v) is 6.61. The Morgan fingerprint density at radius 1 is 1.30 bits per heavy atom. The van der Waals surface area contributed by atoms with Crippen LogP contribution in [0.1, 0.15) is 27.7 Å². The van der Waals surface area contributed by atoms with E-state index in [9.17, 15) is 9.59 Å². The van der Waals surface area contributed by atoms with E-state index in [1.807, 2.05) is 0 Å². The van der Waals surface area contributed by atoms with Gasteiger partial charge in [-0.3, -0.25) is 0 Å². The molecule has 1 aromatic carbocycles. The van der Waals surface area contributed by atoms with Crippen LogP contribution in [-0.4, -0.2) is 23.6 Å². The summed E-state index contributed by atoms with van der Waals surface area (Å²) in [5.74, 6) is -0.487. The molecule has 2 amide bonds. The number of rotatable bonds is 3. The van der Waals surface area contributed by atoms with E-state index < -0.39 is 23.6 Å². The van der Waals surface area contributed by atoms with Crippen molar-refractivity contribution < 1.29 is 14.3 Å². The number of benzene rings is 1. The molecular weight excluding hydrogens is 280 g/mol. The van der Waals surface area contributed by atoms with Crippen LogP contribution in [0.5, 0.6) is 0 Å². The maximum atomic E-state index is 11.7. The van der Waals surface area contributed by atoms with E-state index in [4.69, 9.17) is 16.3 Å². The minimum atomic E-state index is -0.742. The highest BCUT2D eigenvalue weighted by atomic mass is 35.5. The third kappa shape index (κ3) is 5.93. The van der Waals surface area contributed by atoms with Crippen LogP contribution in [0.4, 0.5) is 10.5 Å². The standard InChI is InChI=1S/C14H19ClN2O3/c1-9(12(18)20-14(2,3)4)16-13(19)17-11-7-5-6-10(15)8-11/h5-9H,1-4H3,(H2,16,17,19)/t9-/m1/s1. The lowest BCUT2D eigenvalue weighted by molar-refractivity contribution is -0.156. The number of ether oxygens (including phenoxy) is 1. The molecule has 0 saturated carbocycles. The van der Waals surface area contributed by atoms with E-state index in [0.717, 1.165) is 0 Å². The van der Waals surface area contributed by atoms with E-state index >= 15 is 0 Å². The van der Waals surface area contributed by atoms with Crippen LogP contribution >= 0.6 is 11.6 Å². The number of anilines is 1. The molecule has 0 unspecified atom stereocenters. The minimum absolute atomic E-state index is 0.487. The molecule has 110 valence electrons. The van der Waals surface area contributed by atoms with E-state index in [1.165, 1.54) is 0 Å². The number of carbonyl (C=O) groups excluding carboxylic acids is 2. The number of carbonyl (C=O) groups is 2. The average molecular weight is 299 g/mol. The zero-order chi connectivity index (χ0) is 15.3. The lowest BCUT2D eigenvalue weighted by Gasteiger charge is -2.22. The molecule has 5 nitrogen and oxygen atoms in total. The van der Waals surface area contributed by atoms with Gasteiger partial charge >= 0.3 is 12.0 Å². The normalized spacial score (nSPS) is 12.4. The lowest BCUT2D eigenvalue weighted by atomic mass is 10.2. The van der Waals surface area contributed by atoms with Gasteiger partial charge in [0.15, 0.2) is 0 Å². The van der Waals surface area contributed by atoms with Gasteiger partial charge < -0.3 is 15.4 Å². The largest absolute Gasteiger partial charge is 0.458 e. The van der Waals surface area contributed by atoms with Crippen molar-refractivity contribution in [2.24, 2.45) is 0 Å². The first-order chi connectivity index (χ1) is 9.17. The molecule has 1 rings (SSSR count). The summed E-state index contributed by atoms with van der Waals surface area (Å²) in [5, 5.41) is 5.61. The number of amides is 2. The summed E-state index contributed by atoms with van der Waals surface area (Å²) >= 11 is 5.81. The zero-order valence-electron chi connectivity index (χ0n) is 12.0. The Morgan fingerprint density at radius 2 is 1.95 bits per heavy atom. The summed E-state index contributed by atoms with van der Waals surface area (Å²) in [6.45, 7) is 6.86. The highest BCUT2D eigenvalue weighted by Gasteiger charge is 2.22. The van der Waals surface area contributed by atoms with Gasteiger partial charge in [0.05, 0.1) is 0 Å². The number of hydrogen-bond donors (Lipinski definition) is 2. The molecule has 1 atom stereocenters. The molecule has 0 aliphatic rings. The monoisotopic (exact) mass is 298 g/mol.